The van der Waals surface area contributed by atoms with E-state index in [0.29, 0.717) is 24.7 Å². The summed E-state index contributed by atoms with van der Waals surface area (Å²) in [6, 6.07) is 4.22. The van der Waals surface area contributed by atoms with Gasteiger partial charge in [-0.1, -0.05) is 17.3 Å². The van der Waals surface area contributed by atoms with Crippen LogP contribution in [0.4, 0.5) is 0 Å². The van der Waals surface area contributed by atoms with Gasteiger partial charge in [0.2, 0.25) is 11.8 Å². The molecule has 5 nitrogen and oxygen atoms in total. The first kappa shape index (κ1) is 15.9. The van der Waals surface area contributed by atoms with Crippen molar-refractivity contribution in [3.8, 4) is 0 Å². The van der Waals surface area contributed by atoms with Crippen LogP contribution in [0.2, 0.25) is 0 Å². The molecule has 2 aromatic rings. The molecule has 1 N–H and O–H groups in total. The Bertz CT molecular complexity index is 702. The standard InChI is InChI=1S/C17H21N3O2/c1-11-9-13(3)15(10-12(11)2)5-6-16(21)18-8-7-17-19-14(4)20-22-17/h5-6,9-10H,7-8H2,1-4H3,(H,18,21)/b6-5+. The summed E-state index contributed by atoms with van der Waals surface area (Å²) in [7, 11) is 0. The van der Waals surface area contributed by atoms with Gasteiger partial charge in [0.1, 0.15) is 0 Å². The molecule has 1 heterocycles. The predicted octanol–water partition coefficient (Wildman–Crippen LogP) is 2.68. The third-order valence-electron chi connectivity index (χ3n) is 3.50. The van der Waals surface area contributed by atoms with Gasteiger partial charge in [0.25, 0.3) is 0 Å². The summed E-state index contributed by atoms with van der Waals surface area (Å²) < 4.78 is 4.99. The van der Waals surface area contributed by atoms with Crippen molar-refractivity contribution in [1.82, 2.24) is 15.5 Å². The highest BCUT2D eigenvalue weighted by Gasteiger charge is 2.03. The van der Waals surface area contributed by atoms with Crippen LogP contribution in [-0.2, 0) is 11.2 Å². The first-order valence-corrected chi connectivity index (χ1v) is 7.28. The second kappa shape index (κ2) is 7.02. The van der Waals surface area contributed by atoms with E-state index in [1.54, 1.807) is 13.0 Å². The van der Waals surface area contributed by atoms with Crippen LogP contribution < -0.4 is 5.32 Å². The van der Waals surface area contributed by atoms with E-state index in [4.69, 9.17) is 4.52 Å². The fraction of sp³-hybridized carbons (Fsp3) is 0.353. The van der Waals surface area contributed by atoms with E-state index in [9.17, 15) is 4.79 Å². The van der Waals surface area contributed by atoms with Crippen molar-refractivity contribution in [3.63, 3.8) is 0 Å². The SMILES string of the molecule is Cc1noc(CCNC(=O)/C=C/c2cc(C)c(C)cc2C)n1. The number of hydrogen-bond acceptors (Lipinski definition) is 4. The summed E-state index contributed by atoms with van der Waals surface area (Å²) in [5.41, 5.74) is 4.70. The van der Waals surface area contributed by atoms with Gasteiger partial charge in [0.15, 0.2) is 5.82 Å². The van der Waals surface area contributed by atoms with E-state index in [-0.39, 0.29) is 5.91 Å². The topological polar surface area (TPSA) is 68.0 Å². The van der Waals surface area contributed by atoms with Crippen LogP contribution in [0.25, 0.3) is 6.08 Å². The minimum absolute atomic E-state index is 0.131. The molecule has 0 aliphatic rings. The normalized spacial score (nSPS) is 11.1. The molecular formula is C17H21N3O2. The second-order valence-electron chi connectivity index (χ2n) is 5.40. The van der Waals surface area contributed by atoms with Gasteiger partial charge in [-0.15, -0.1) is 0 Å². The molecule has 22 heavy (non-hydrogen) atoms. The number of aryl methyl sites for hydroxylation is 4. The van der Waals surface area contributed by atoms with Crippen molar-refractivity contribution in [2.24, 2.45) is 0 Å². The lowest BCUT2D eigenvalue weighted by atomic mass is 10.0. The molecule has 1 amide bonds. The minimum Gasteiger partial charge on any atom is -0.352 e. The Morgan fingerprint density at radius 3 is 2.59 bits per heavy atom. The smallest absolute Gasteiger partial charge is 0.244 e. The molecular weight excluding hydrogens is 278 g/mol. The van der Waals surface area contributed by atoms with Crippen LogP contribution in [-0.4, -0.2) is 22.6 Å². The number of nitrogens with one attached hydrogen (secondary N) is 1. The van der Waals surface area contributed by atoms with Gasteiger partial charge in [-0.3, -0.25) is 4.79 Å². The summed E-state index contributed by atoms with van der Waals surface area (Å²) in [5, 5.41) is 6.51. The van der Waals surface area contributed by atoms with Crippen molar-refractivity contribution in [1.29, 1.82) is 0 Å². The Kier molecular flexibility index (Phi) is 5.09. The molecule has 0 atom stereocenters. The molecule has 0 fully saturated rings. The largest absolute Gasteiger partial charge is 0.352 e. The highest BCUT2D eigenvalue weighted by Crippen LogP contribution is 2.16. The first-order chi connectivity index (χ1) is 10.5. The monoisotopic (exact) mass is 299 g/mol. The van der Waals surface area contributed by atoms with Gasteiger partial charge in [0, 0.05) is 19.0 Å². The van der Waals surface area contributed by atoms with Gasteiger partial charge in [0.05, 0.1) is 0 Å². The van der Waals surface area contributed by atoms with Gasteiger partial charge in [-0.05, 0) is 56.0 Å². The number of amides is 1. The summed E-state index contributed by atoms with van der Waals surface area (Å²) in [6.45, 7) is 8.43. The fourth-order valence-electron chi connectivity index (χ4n) is 2.12. The van der Waals surface area contributed by atoms with Crippen LogP contribution in [0.5, 0.6) is 0 Å². The van der Waals surface area contributed by atoms with Gasteiger partial charge in [-0.2, -0.15) is 4.98 Å². The zero-order valence-electron chi connectivity index (χ0n) is 13.4. The molecule has 1 aromatic carbocycles. The van der Waals surface area contributed by atoms with E-state index >= 15 is 0 Å². The molecule has 0 aliphatic carbocycles. The van der Waals surface area contributed by atoms with E-state index in [1.807, 2.05) is 13.0 Å². The lowest BCUT2D eigenvalue weighted by Crippen LogP contribution is -2.23. The lowest BCUT2D eigenvalue weighted by Gasteiger charge is -2.06. The van der Waals surface area contributed by atoms with Crippen molar-refractivity contribution in [2.45, 2.75) is 34.1 Å². The van der Waals surface area contributed by atoms with Crippen molar-refractivity contribution < 1.29 is 9.32 Å². The number of carbonyl (C=O) groups excluding carboxylic acids is 1. The molecule has 0 spiro atoms. The Morgan fingerprint density at radius 2 is 1.91 bits per heavy atom. The van der Waals surface area contributed by atoms with Crippen LogP contribution in [0.1, 0.15) is 34.0 Å². The number of aromatic nitrogens is 2. The third kappa shape index (κ3) is 4.28. The Morgan fingerprint density at radius 1 is 1.18 bits per heavy atom. The van der Waals surface area contributed by atoms with Gasteiger partial charge in [-0.25, -0.2) is 0 Å². The van der Waals surface area contributed by atoms with Crippen molar-refractivity contribution >= 4 is 12.0 Å². The maximum absolute atomic E-state index is 11.8. The third-order valence-corrected chi connectivity index (χ3v) is 3.50. The summed E-state index contributed by atoms with van der Waals surface area (Å²) >= 11 is 0. The number of hydrogen-bond donors (Lipinski definition) is 1. The van der Waals surface area contributed by atoms with E-state index in [2.05, 4.69) is 41.4 Å². The maximum atomic E-state index is 11.8. The number of carbonyl (C=O) groups is 1. The average molecular weight is 299 g/mol. The maximum Gasteiger partial charge on any atom is 0.244 e. The summed E-state index contributed by atoms with van der Waals surface area (Å²) in [5.74, 6) is 1.01. The quantitative estimate of drug-likeness (QED) is 0.862. The van der Waals surface area contributed by atoms with Gasteiger partial charge >= 0.3 is 0 Å². The van der Waals surface area contributed by atoms with E-state index < -0.39 is 0 Å². The fourth-order valence-corrected chi connectivity index (χ4v) is 2.12. The zero-order chi connectivity index (χ0) is 16.1. The number of nitrogens with zero attached hydrogens (tertiary/aromatic N) is 2. The summed E-state index contributed by atoms with van der Waals surface area (Å²) in [6.07, 6.45) is 3.92. The molecule has 0 unspecified atom stereocenters. The minimum atomic E-state index is -0.131. The molecule has 5 heteroatoms. The van der Waals surface area contributed by atoms with Crippen molar-refractivity contribution in [2.75, 3.05) is 6.54 Å². The Balaban J connectivity index is 1.87. The first-order valence-electron chi connectivity index (χ1n) is 7.28. The Hall–Kier alpha value is -2.43. The molecule has 1 aromatic heterocycles. The molecule has 0 saturated carbocycles. The molecule has 0 aliphatic heterocycles. The zero-order valence-corrected chi connectivity index (χ0v) is 13.4. The number of benzene rings is 1. The second-order valence-corrected chi connectivity index (χ2v) is 5.40. The average Bonchev–Trinajstić information content (AvgIpc) is 2.87. The molecule has 2 rings (SSSR count). The molecule has 116 valence electrons. The van der Waals surface area contributed by atoms with Crippen LogP contribution >= 0.6 is 0 Å². The number of rotatable bonds is 5. The van der Waals surface area contributed by atoms with Crippen molar-refractivity contribution in [3.05, 3.63) is 52.2 Å². The van der Waals surface area contributed by atoms with Crippen LogP contribution in [0.3, 0.4) is 0 Å². The van der Waals surface area contributed by atoms with E-state index in [0.717, 1.165) is 11.1 Å². The highest BCUT2D eigenvalue weighted by atomic mass is 16.5. The predicted molar refractivity (Wildman–Crippen MR) is 85.4 cm³/mol. The van der Waals surface area contributed by atoms with Crippen LogP contribution in [0, 0.1) is 27.7 Å². The van der Waals surface area contributed by atoms with Crippen LogP contribution in [0.15, 0.2) is 22.7 Å². The van der Waals surface area contributed by atoms with E-state index in [1.165, 1.54) is 11.1 Å². The molecule has 0 bridgehead atoms. The lowest BCUT2D eigenvalue weighted by molar-refractivity contribution is -0.116. The summed E-state index contributed by atoms with van der Waals surface area (Å²) in [4.78, 5) is 15.9. The highest BCUT2D eigenvalue weighted by molar-refractivity contribution is 5.91. The molecule has 0 radical (unpaired) electrons. The Labute approximate surface area is 130 Å². The van der Waals surface area contributed by atoms with Gasteiger partial charge < -0.3 is 9.84 Å². The molecule has 0 saturated heterocycles.